The number of rotatable bonds is 5. The van der Waals surface area contributed by atoms with Crippen LogP contribution in [-0.2, 0) is 21.8 Å². The summed E-state index contributed by atoms with van der Waals surface area (Å²) in [4.78, 5) is 14.4. The molecule has 0 aromatic carbocycles. The number of pyridine rings is 1. The van der Waals surface area contributed by atoms with E-state index in [4.69, 9.17) is 11.6 Å². The number of carbonyl (C=O) groups excluding carboxylic acids is 1. The highest BCUT2D eigenvalue weighted by Gasteiger charge is 2.35. The Kier molecular flexibility index (Phi) is 5.70. The Hall–Kier alpha value is -1.64. The summed E-state index contributed by atoms with van der Waals surface area (Å²) in [6.45, 7) is 0. The molecule has 0 aliphatic heterocycles. The molecule has 0 fully saturated rings. The number of methoxy groups -OCH3 is 1. The first-order valence-electron chi connectivity index (χ1n) is 5.37. The predicted molar refractivity (Wildman–Crippen MR) is 61.2 cm³/mol. The average Bonchev–Trinajstić information content (AvgIpc) is 2.35. The molecule has 0 aliphatic carbocycles. The minimum absolute atomic E-state index is 0.221. The van der Waals surface area contributed by atoms with E-state index in [2.05, 4.69) is 14.5 Å². The molecule has 0 saturated carbocycles. The van der Waals surface area contributed by atoms with Crippen molar-refractivity contribution in [3.63, 3.8) is 0 Å². The van der Waals surface area contributed by atoms with Gasteiger partial charge in [0, 0.05) is 5.88 Å². The van der Waals surface area contributed by atoms with Crippen LogP contribution in [0.3, 0.4) is 0 Å². The standard InChI is InChI=1S/C11H9ClF5NO3/c1-20-7(19)3-6-2-5(4-12)8(9(13)14)10(18-6)21-11(15,16)17/h2,9H,3-4H2,1H3. The van der Waals surface area contributed by atoms with E-state index < -0.39 is 42.5 Å². The Morgan fingerprint density at radius 1 is 1.43 bits per heavy atom. The Morgan fingerprint density at radius 3 is 2.48 bits per heavy atom. The van der Waals surface area contributed by atoms with Crippen LogP contribution in [0.1, 0.15) is 23.2 Å². The van der Waals surface area contributed by atoms with Crippen LogP contribution in [0.25, 0.3) is 0 Å². The smallest absolute Gasteiger partial charge is 0.469 e. The lowest BCUT2D eigenvalue weighted by atomic mass is 10.1. The minimum atomic E-state index is -5.20. The fourth-order valence-electron chi connectivity index (χ4n) is 1.48. The van der Waals surface area contributed by atoms with Crippen LogP contribution >= 0.6 is 11.6 Å². The van der Waals surface area contributed by atoms with Gasteiger partial charge in [-0.25, -0.2) is 13.8 Å². The first-order valence-corrected chi connectivity index (χ1v) is 5.90. The molecule has 0 spiro atoms. The number of nitrogens with zero attached hydrogens (tertiary/aromatic N) is 1. The van der Waals surface area contributed by atoms with Gasteiger partial charge in [-0.15, -0.1) is 24.8 Å². The van der Waals surface area contributed by atoms with Crippen molar-refractivity contribution in [2.75, 3.05) is 7.11 Å². The van der Waals surface area contributed by atoms with Crippen molar-refractivity contribution in [3.8, 4) is 5.88 Å². The van der Waals surface area contributed by atoms with Crippen LogP contribution in [0.15, 0.2) is 6.07 Å². The van der Waals surface area contributed by atoms with E-state index in [-0.39, 0.29) is 11.3 Å². The van der Waals surface area contributed by atoms with E-state index >= 15 is 0 Å². The van der Waals surface area contributed by atoms with Crippen LogP contribution in [0.2, 0.25) is 0 Å². The summed E-state index contributed by atoms with van der Waals surface area (Å²) in [5.74, 6) is -2.62. The number of hydrogen-bond acceptors (Lipinski definition) is 4. The zero-order valence-electron chi connectivity index (χ0n) is 10.5. The molecule has 0 N–H and O–H groups in total. The molecule has 4 nitrogen and oxygen atoms in total. The number of aromatic nitrogens is 1. The third kappa shape index (κ3) is 5.00. The van der Waals surface area contributed by atoms with E-state index in [0.717, 1.165) is 13.2 Å². The maximum atomic E-state index is 12.9. The summed E-state index contributed by atoms with van der Waals surface area (Å²) >= 11 is 5.45. The maximum Gasteiger partial charge on any atom is 0.574 e. The van der Waals surface area contributed by atoms with Crippen molar-refractivity contribution in [2.45, 2.75) is 25.1 Å². The molecular weight excluding hydrogens is 325 g/mol. The Labute approximate surface area is 120 Å². The highest BCUT2D eigenvalue weighted by Crippen LogP contribution is 2.35. The van der Waals surface area contributed by atoms with Gasteiger partial charge in [-0.1, -0.05) is 0 Å². The maximum absolute atomic E-state index is 12.9. The molecule has 118 valence electrons. The highest BCUT2D eigenvalue weighted by molar-refractivity contribution is 6.17. The van der Waals surface area contributed by atoms with Crippen molar-refractivity contribution < 1.29 is 36.2 Å². The number of ether oxygens (including phenoxy) is 2. The molecule has 0 saturated heterocycles. The molecule has 0 radical (unpaired) electrons. The topological polar surface area (TPSA) is 48.4 Å². The molecule has 0 aliphatic rings. The molecular formula is C11H9ClF5NO3. The molecule has 1 heterocycles. The van der Waals surface area contributed by atoms with Crippen LogP contribution in [0.5, 0.6) is 5.88 Å². The van der Waals surface area contributed by atoms with Crippen LogP contribution in [0.4, 0.5) is 22.0 Å². The Bertz CT molecular complexity index is 521. The normalized spacial score (nSPS) is 11.6. The predicted octanol–water partition coefficient (Wildman–Crippen LogP) is 3.37. The second-order valence-electron chi connectivity index (χ2n) is 3.73. The number of hydrogen-bond donors (Lipinski definition) is 0. The summed E-state index contributed by atoms with van der Waals surface area (Å²) < 4.78 is 70.3. The number of halogens is 6. The van der Waals surface area contributed by atoms with Crippen molar-refractivity contribution in [3.05, 3.63) is 22.9 Å². The minimum Gasteiger partial charge on any atom is -0.469 e. The SMILES string of the molecule is COC(=O)Cc1cc(CCl)c(C(F)F)c(OC(F)(F)F)n1. The molecule has 10 heteroatoms. The van der Waals surface area contributed by atoms with Crippen molar-refractivity contribution >= 4 is 17.6 Å². The monoisotopic (exact) mass is 333 g/mol. The lowest BCUT2D eigenvalue weighted by Crippen LogP contribution is -2.20. The summed E-state index contributed by atoms with van der Waals surface area (Å²) in [5, 5.41) is 0. The van der Waals surface area contributed by atoms with Gasteiger partial charge in [-0.05, 0) is 11.6 Å². The zero-order chi connectivity index (χ0) is 16.2. The van der Waals surface area contributed by atoms with Gasteiger partial charge >= 0.3 is 12.3 Å². The molecule has 0 unspecified atom stereocenters. The third-order valence-electron chi connectivity index (χ3n) is 2.29. The molecule has 1 aromatic heterocycles. The molecule has 21 heavy (non-hydrogen) atoms. The third-order valence-corrected chi connectivity index (χ3v) is 2.58. The molecule has 0 amide bonds. The van der Waals surface area contributed by atoms with Gasteiger partial charge in [-0.3, -0.25) is 4.79 Å². The molecule has 1 rings (SSSR count). The fourth-order valence-corrected chi connectivity index (χ4v) is 1.70. The van der Waals surface area contributed by atoms with Gasteiger partial charge < -0.3 is 9.47 Å². The van der Waals surface area contributed by atoms with Gasteiger partial charge in [0.15, 0.2) is 0 Å². The number of carbonyl (C=O) groups is 1. The quantitative estimate of drug-likeness (QED) is 0.471. The van der Waals surface area contributed by atoms with Gasteiger partial charge in [0.1, 0.15) is 0 Å². The van der Waals surface area contributed by atoms with Crippen LogP contribution in [0, 0.1) is 0 Å². The molecule has 1 aromatic rings. The highest BCUT2D eigenvalue weighted by atomic mass is 35.5. The average molecular weight is 334 g/mol. The largest absolute Gasteiger partial charge is 0.574 e. The van der Waals surface area contributed by atoms with E-state index in [1.165, 1.54) is 0 Å². The van der Waals surface area contributed by atoms with Crippen LogP contribution in [-0.4, -0.2) is 24.4 Å². The van der Waals surface area contributed by atoms with E-state index in [1.807, 2.05) is 0 Å². The zero-order valence-corrected chi connectivity index (χ0v) is 11.3. The van der Waals surface area contributed by atoms with Crippen LogP contribution < -0.4 is 4.74 Å². The van der Waals surface area contributed by atoms with E-state index in [1.54, 1.807) is 0 Å². The summed E-state index contributed by atoms with van der Waals surface area (Å²) in [7, 11) is 1.06. The van der Waals surface area contributed by atoms with Crippen molar-refractivity contribution in [2.24, 2.45) is 0 Å². The van der Waals surface area contributed by atoms with Crippen molar-refractivity contribution in [1.29, 1.82) is 0 Å². The first-order chi connectivity index (χ1) is 9.67. The lowest BCUT2D eigenvalue weighted by molar-refractivity contribution is -0.276. The Morgan fingerprint density at radius 2 is 2.05 bits per heavy atom. The fraction of sp³-hybridized carbons (Fsp3) is 0.455. The van der Waals surface area contributed by atoms with Gasteiger partial charge in [0.05, 0.1) is 24.8 Å². The molecule has 0 atom stereocenters. The van der Waals surface area contributed by atoms with E-state index in [0.29, 0.717) is 0 Å². The van der Waals surface area contributed by atoms with Gasteiger partial charge in [0.25, 0.3) is 6.43 Å². The van der Waals surface area contributed by atoms with Crippen molar-refractivity contribution in [1.82, 2.24) is 4.98 Å². The first kappa shape index (κ1) is 17.4. The number of esters is 1. The summed E-state index contributed by atoms with van der Waals surface area (Å²) in [6, 6.07) is 1.01. The molecule has 0 bridgehead atoms. The Balaban J connectivity index is 3.33. The summed E-state index contributed by atoms with van der Waals surface area (Å²) in [5.41, 5.74) is -1.59. The van der Waals surface area contributed by atoms with Gasteiger partial charge in [0.2, 0.25) is 5.88 Å². The lowest BCUT2D eigenvalue weighted by Gasteiger charge is -2.15. The summed E-state index contributed by atoms with van der Waals surface area (Å²) in [6.07, 6.45) is -8.97. The van der Waals surface area contributed by atoms with Gasteiger partial charge in [-0.2, -0.15) is 0 Å². The van der Waals surface area contributed by atoms with E-state index in [9.17, 15) is 26.7 Å². The second kappa shape index (κ2) is 6.88. The second-order valence-corrected chi connectivity index (χ2v) is 3.99. The number of alkyl halides is 6.